The summed E-state index contributed by atoms with van der Waals surface area (Å²) in [5.74, 6) is -1.09. The van der Waals surface area contributed by atoms with E-state index in [0.717, 1.165) is 17.2 Å². The maximum Gasteiger partial charge on any atom is 0.328 e. The van der Waals surface area contributed by atoms with E-state index in [4.69, 9.17) is 5.11 Å². The fourth-order valence-corrected chi connectivity index (χ4v) is 4.25. The van der Waals surface area contributed by atoms with Crippen LogP contribution in [-0.4, -0.2) is 19.5 Å². The number of carbonyl (C=O) groups is 1. The lowest BCUT2D eigenvalue weighted by Crippen LogP contribution is -2.30. The molecule has 29 heavy (non-hydrogen) atoms. The maximum atomic E-state index is 13.0. The van der Waals surface area contributed by atoms with E-state index < -0.39 is 22.0 Å². The molecule has 2 N–H and O–H groups in total. The normalized spacial score (nSPS) is 12.7. The fourth-order valence-electron chi connectivity index (χ4n) is 2.97. The van der Waals surface area contributed by atoms with Crippen molar-refractivity contribution in [3.63, 3.8) is 0 Å². The summed E-state index contributed by atoms with van der Waals surface area (Å²) in [7, 11) is -3.82. The van der Waals surface area contributed by atoms with Crippen LogP contribution in [0.2, 0.25) is 0 Å². The van der Waals surface area contributed by atoms with Crippen LogP contribution < -0.4 is 4.72 Å². The van der Waals surface area contributed by atoms with Gasteiger partial charge in [-0.2, -0.15) is 0 Å². The minimum atomic E-state index is -3.82. The molecule has 3 aromatic rings. The predicted octanol–water partition coefficient (Wildman–Crippen LogP) is 4.05. The molecule has 0 heterocycles. The lowest BCUT2D eigenvalue weighted by atomic mass is 10.00. The number of sulfonamides is 1. The molecule has 0 radical (unpaired) electrons. The third-order valence-electron chi connectivity index (χ3n) is 4.37. The van der Waals surface area contributed by atoms with Crippen molar-refractivity contribution in [3.8, 4) is 0 Å². The molecule has 0 amide bonds. The van der Waals surface area contributed by atoms with Crippen molar-refractivity contribution in [2.45, 2.75) is 17.4 Å². The van der Waals surface area contributed by atoms with Crippen molar-refractivity contribution in [1.29, 1.82) is 0 Å². The van der Waals surface area contributed by atoms with E-state index in [2.05, 4.69) is 4.72 Å². The van der Waals surface area contributed by atoms with Crippen molar-refractivity contribution in [1.82, 2.24) is 4.72 Å². The van der Waals surface area contributed by atoms with Crippen LogP contribution >= 0.6 is 0 Å². The molecule has 6 heteroatoms. The van der Waals surface area contributed by atoms with Gasteiger partial charge in [0, 0.05) is 6.08 Å². The van der Waals surface area contributed by atoms with Crippen LogP contribution in [-0.2, 0) is 21.2 Å². The van der Waals surface area contributed by atoms with Crippen molar-refractivity contribution < 1.29 is 18.3 Å². The molecule has 0 spiro atoms. The van der Waals surface area contributed by atoms with Crippen LogP contribution in [0.4, 0.5) is 0 Å². The minimum Gasteiger partial charge on any atom is -0.478 e. The van der Waals surface area contributed by atoms with E-state index in [1.54, 1.807) is 12.1 Å². The number of rotatable bonds is 8. The molecule has 148 valence electrons. The Morgan fingerprint density at radius 3 is 2.24 bits per heavy atom. The van der Waals surface area contributed by atoms with Crippen LogP contribution in [0.3, 0.4) is 0 Å². The lowest BCUT2D eigenvalue weighted by molar-refractivity contribution is -0.131. The van der Waals surface area contributed by atoms with Crippen LogP contribution in [0.5, 0.6) is 0 Å². The number of benzene rings is 3. The highest BCUT2D eigenvalue weighted by Crippen LogP contribution is 2.22. The zero-order valence-electron chi connectivity index (χ0n) is 15.6. The summed E-state index contributed by atoms with van der Waals surface area (Å²) < 4.78 is 28.9. The molecule has 0 saturated heterocycles. The van der Waals surface area contributed by atoms with Gasteiger partial charge in [0.25, 0.3) is 0 Å². The molecular formula is C23H21NO4S. The van der Waals surface area contributed by atoms with Gasteiger partial charge in [-0.15, -0.1) is 0 Å². The van der Waals surface area contributed by atoms with E-state index in [9.17, 15) is 13.2 Å². The second kappa shape index (κ2) is 9.32. The molecule has 3 rings (SSSR count). The summed E-state index contributed by atoms with van der Waals surface area (Å²) in [4.78, 5) is 10.8. The first-order valence-corrected chi connectivity index (χ1v) is 10.5. The number of hydrogen-bond donors (Lipinski definition) is 2. The molecule has 0 aliphatic rings. The zero-order chi connectivity index (χ0) is 20.7. The minimum absolute atomic E-state index is 0.0824. The standard InChI is InChI=1S/C23H21NO4S/c25-23(26)15-14-19-10-7-13-21(16-19)29(27,28)24-22(20-11-5-2-6-12-20)17-18-8-3-1-4-9-18/h1-16,22,24H,17H2,(H,25,26)/b15-14+. The summed E-state index contributed by atoms with van der Waals surface area (Å²) in [6.07, 6.45) is 2.84. The maximum absolute atomic E-state index is 13.0. The van der Waals surface area contributed by atoms with Crippen molar-refractivity contribution in [2.24, 2.45) is 0 Å². The summed E-state index contributed by atoms with van der Waals surface area (Å²) >= 11 is 0. The van der Waals surface area contributed by atoms with Crippen LogP contribution in [0.1, 0.15) is 22.7 Å². The molecule has 5 nitrogen and oxygen atoms in total. The number of carboxylic acid groups (broad SMARTS) is 1. The number of aliphatic carboxylic acids is 1. The number of carboxylic acids is 1. The van der Waals surface area contributed by atoms with Crippen LogP contribution in [0.15, 0.2) is 95.9 Å². The van der Waals surface area contributed by atoms with E-state index in [-0.39, 0.29) is 4.90 Å². The Morgan fingerprint density at radius 2 is 1.59 bits per heavy atom. The van der Waals surface area contributed by atoms with Gasteiger partial charge in [-0.1, -0.05) is 72.8 Å². The highest BCUT2D eigenvalue weighted by molar-refractivity contribution is 7.89. The zero-order valence-corrected chi connectivity index (χ0v) is 16.4. The average Bonchev–Trinajstić information content (AvgIpc) is 2.73. The van der Waals surface area contributed by atoms with E-state index in [1.165, 1.54) is 18.2 Å². The highest BCUT2D eigenvalue weighted by Gasteiger charge is 2.22. The summed E-state index contributed by atoms with van der Waals surface area (Å²) in [5, 5.41) is 8.77. The lowest BCUT2D eigenvalue weighted by Gasteiger charge is -2.20. The first-order chi connectivity index (χ1) is 13.9. The van der Waals surface area contributed by atoms with E-state index in [0.29, 0.717) is 12.0 Å². The van der Waals surface area contributed by atoms with Gasteiger partial charge in [-0.05, 0) is 41.3 Å². The molecule has 1 unspecified atom stereocenters. The number of hydrogen-bond acceptors (Lipinski definition) is 3. The Balaban J connectivity index is 1.90. The topological polar surface area (TPSA) is 83.5 Å². The quantitative estimate of drug-likeness (QED) is 0.552. The Labute approximate surface area is 170 Å². The molecule has 0 aliphatic heterocycles. The predicted molar refractivity (Wildman–Crippen MR) is 113 cm³/mol. The largest absolute Gasteiger partial charge is 0.478 e. The Kier molecular flexibility index (Phi) is 6.59. The molecule has 1 atom stereocenters. The molecule has 0 aliphatic carbocycles. The second-order valence-corrected chi connectivity index (χ2v) is 8.23. The third kappa shape index (κ3) is 5.88. The van der Waals surface area contributed by atoms with Gasteiger partial charge in [0.15, 0.2) is 0 Å². The first kappa shape index (κ1) is 20.5. The Morgan fingerprint density at radius 1 is 0.931 bits per heavy atom. The monoisotopic (exact) mass is 407 g/mol. The summed E-state index contributed by atoms with van der Waals surface area (Å²) in [6, 6.07) is 24.8. The molecule has 0 aromatic heterocycles. The van der Waals surface area contributed by atoms with Gasteiger partial charge >= 0.3 is 5.97 Å². The fraction of sp³-hybridized carbons (Fsp3) is 0.0870. The van der Waals surface area contributed by atoms with Gasteiger partial charge < -0.3 is 5.11 Å². The van der Waals surface area contributed by atoms with Crippen molar-refractivity contribution >= 4 is 22.1 Å². The third-order valence-corrected chi connectivity index (χ3v) is 5.84. The Hall–Kier alpha value is -3.22. The summed E-state index contributed by atoms with van der Waals surface area (Å²) in [5.41, 5.74) is 2.37. The van der Waals surface area contributed by atoms with Crippen molar-refractivity contribution in [2.75, 3.05) is 0 Å². The van der Waals surface area contributed by atoms with Gasteiger partial charge in [-0.3, -0.25) is 0 Å². The number of nitrogens with one attached hydrogen (secondary N) is 1. The first-order valence-electron chi connectivity index (χ1n) is 9.06. The molecular weight excluding hydrogens is 386 g/mol. The highest BCUT2D eigenvalue weighted by atomic mass is 32.2. The van der Waals surface area contributed by atoms with Crippen LogP contribution in [0.25, 0.3) is 6.08 Å². The molecule has 0 saturated carbocycles. The molecule has 0 bridgehead atoms. The van der Waals surface area contributed by atoms with Gasteiger partial charge in [0.1, 0.15) is 0 Å². The Bertz CT molecular complexity index is 1090. The summed E-state index contributed by atoms with van der Waals surface area (Å²) in [6.45, 7) is 0. The smallest absolute Gasteiger partial charge is 0.328 e. The van der Waals surface area contributed by atoms with Crippen LogP contribution in [0, 0.1) is 0 Å². The van der Waals surface area contributed by atoms with Gasteiger partial charge in [-0.25, -0.2) is 17.9 Å². The second-order valence-electron chi connectivity index (χ2n) is 6.52. The SMILES string of the molecule is O=C(O)/C=C/c1cccc(S(=O)(=O)NC(Cc2ccccc2)c2ccccc2)c1. The van der Waals surface area contributed by atoms with Gasteiger partial charge in [0.05, 0.1) is 10.9 Å². The van der Waals surface area contributed by atoms with E-state index >= 15 is 0 Å². The molecule has 0 fully saturated rings. The van der Waals surface area contributed by atoms with Crippen molar-refractivity contribution in [3.05, 3.63) is 108 Å². The molecule has 3 aromatic carbocycles. The average molecular weight is 407 g/mol. The van der Waals surface area contributed by atoms with Gasteiger partial charge in [0.2, 0.25) is 10.0 Å². The van der Waals surface area contributed by atoms with E-state index in [1.807, 2.05) is 60.7 Å².